The van der Waals surface area contributed by atoms with Gasteiger partial charge in [-0.3, -0.25) is 9.59 Å². The van der Waals surface area contributed by atoms with Gasteiger partial charge in [-0.15, -0.1) is 0 Å². The monoisotopic (exact) mass is 389 g/mol. The number of hydrogen-bond acceptors (Lipinski definition) is 4. The van der Waals surface area contributed by atoms with E-state index in [4.69, 9.17) is 0 Å². The summed E-state index contributed by atoms with van der Waals surface area (Å²) in [5.74, 6) is 1.09. The molecule has 7 nitrogen and oxygen atoms in total. The molecule has 0 spiro atoms. The lowest BCUT2D eigenvalue weighted by Crippen LogP contribution is -2.49. The van der Waals surface area contributed by atoms with Crippen LogP contribution in [0.1, 0.15) is 28.4 Å². The molecule has 1 fully saturated rings. The SMILES string of the molecule is CNc1ccccc1C(=O)N1C[C@@H]2C[C@H](C1)c1ccc(-c3ncc[nH]3)c(=O)n1C2. The minimum absolute atomic E-state index is 0.00699. The molecule has 0 radical (unpaired) electrons. The van der Waals surface area contributed by atoms with Crippen LogP contribution in [0.25, 0.3) is 11.4 Å². The van der Waals surface area contributed by atoms with Crippen molar-refractivity contribution in [3.8, 4) is 11.4 Å². The van der Waals surface area contributed by atoms with Crippen LogP contribution in [-0.2, 0) is 6.54 Å². The molecule has 2 N–H and O–H groups in total. The number of carbonyl (C=O) groups excluding carboxylic acids is 1. The average molecular weight is 389 g/mol. The van der Waals surface area contributed by atoms with E-state index in [1.807, 2.05) is 52.9 Å². The summed E-state index contributed by atoms with van der Waals surface area (Å²) in [6, 6.07) is 11.5. The maximum absolute atomic E-state index is 13.2. The van der Waals surface area contributed by atoms with Gasteiger partial charge in [0, 0.05) is 56.4 Å². The Morgan fingerprint density at radius 2 is 2.03 bits per heavy atom. The van der Waals surface area contributed by atoms with E-state index < -0.39 is 0 Å². The van der Waals surface area contributed by atoms with Crippen molar-refractivity contribution in [2.45, 2.75) is 18.9 Å². The molecule has 0 saturated carbocycles. The normalized spacial score (nSPS) is 20.2. The number of nitrogens with one attached hydrogen (secondary N) is 2. The lowest BCUT2D eigenvalue weighted by atomic mass is 9.82. The van der Waals surface area contributed by atoms with Crippen molar-refractivity contribution < 1.29 is 4.79 Å². The Balaban J connectivity index is 1.46. The lowest BCUT2D eigenvalue weighted by Gasteiger charge is -2.43. The molecule has 2 bridgehead atoms. The molecule has 5 rings (SSSR count). The van der Waals surface area contributed by atoms with E-state index in [9.17, 15) is 9.59 Å². The summed E-state index contributed by atoms with van der Waals surface area (Å²) >= 11 is 0. The second-order valence-corrected chi connectivity index (χ2v) is 7.83. The van der Waals surface area contributed by atoms with Gasteiger partial charge in [-0.25, -0.2) is 4.98 Å². The minimum atomic E-state index is -0.00699. The first-order valence-corrected chi connectivity index (χ1v) is 9.95. The van der Waals surface area contributed by atoms with Gasteiger partial charge in [0.25, 0.3) is 11.5 Å². The van der Waals surface area contributed by atoms with E-state index in [1.54, 1.807) is 12.4 Å². The Hall–Kier alpha value is -3.35. The highest BCUT2D eigenvalue weighted by Crippen LogP contribution is 2.36. The predicted molar refractivity (Wildman–Crippen MR) is 111 cm³/mol. The number of carbonyl (C=O) groups is 1. The molecule has 2 aliphatic heterocycles. The summed E-state index contributed by atoms with van der Waals surface area (Å²) < 4.78 is 1.89. The number of pyridine rings is 1. The predicted octanol–water partition coefficient (Wildman–Crippen LogP) is 2.54. The van der Waals surface area contributed by atoms with E-state index in [1.165, 1.54) is 0 Å². The molecule has 2 atom stereocenters. The van der Waals surface area contributed by atoms with Crippen molar-refractivity contribution in [3.05, 3.63) is 70.4 Å². The number of fused-ring (bicyclic) bond motifs is 4. The Kier molecular flexibility index (Phi) is 4.23. The fraction of sp³-hybridized carbons (Fsp3) is 0.318. The summed E-state index contributed by atoms with van der Waals surface area (Å²) in [4.78, 5) is 35.5. The summed E-state index contributed by atoms with van der Waals surface area (Å²) in [7, 11) is 1.83. The molecule has 7 heteroatoms. The number of likely N-dealkylation sites (tertiary alicyclic amines) is 1. The third-order valence-electron chi connectivity index (χ3n) is 6.07. The number of aromatic nitrogens is 3. The van der Waals surface area contributed by atoms with Gasteiger partial charge in [0.1, 0.15) is 5.82 Å². The number of hydrogen-bond donors (Lipinski definition) is 2. The van der Waals surface area contributed by atoms with E-state index in [0.717, 1.165) is 17.8 Å². The zero-order chi connectivity index (χ0) is 20.0. The van der Waals surface area contributed by atoms with Gasteiger partial charge >= 0.3 is 0 Å². The smallest absolute Gasteiger partial charge is 0.261 e. The molecular weight excluding hydrogens is 366 g/mol. The quantitative estimate of drug-likeness (QED) is 0.721. The molecule has 1 amide bonds. The topological polar surface area (TPSA) is 83.0 Å². The van der Waals surface area contributed by atoms with E-state index in [2.05, 4.69) is 15.3 Å². The number of H-pyrrole nitrogens is 1. The first kappa shape index (κ1) is 17.7. The third kappa shape index (κ3) is 2.93. The summed E-state index contributed by atoms with van der Waals surface area (Å²) in [6.45, 7) is 1.94. The van der Waals surface area contributed by atoms with Gasteiger partial charge in [0.15, 0.2) is 0 Å². The second kappa shape index (κ2) is 6.92. The molecule has 29 heavy (non-hydrogen) atoms. The molecule has 0 aliphatic carbocycles. The van der Waals surface area contributed by atoms with Gasteiger partial charge < -0.3 is 19.8 Å². The maximum atomic E-state index is 13.2. The number of aromatic amines is 1. The maximum Gasteiger partial charge on any atom is 0.261 e. The number of imidazole rings is 1. The fourth-order valence-electron chi connectivity index (χ4n) is 4.76. The van der Waals surface area contributed by atoms with E-state index >= 15 is 0 Å². The Morgan fingerprint density at radius 1 is 1.17 bits per heavy atom. The summed E-state index contributed by atoms with van der Waals surface area (Å²) in [6.07, 6.45) is 4.39. The number of rotatable bonds is 3. The first-order valence-electron chi connectivity index (χ1n) is 9.95. The number of anilines is 1. The molecule has 1 aromatic carbocycles. The van der Waals surface area contributed by atoms with Gasteiger partial charge in [-0.2, -0.15) is 0 Å². The van der Waals surface area contributed by atoms with Gasteiger partial charge in [-0.1, -0.05) is 12.1 Å². The Labute approximate surface area is 168 Å². The van der Waals surface area contributed by atoms with Crippen LogP contribution >= 0.6 is 0 Å². The van der Waals surface area contributed by atoms with Gasteiger partial charge in [-0.05, 0) is 36.6 Å². The van der Waals surface area contributed by atoms with Crippen molar-refractivity contribution in [2.75, 3.05) is 25.5 Å². The van der Waals surface area contributed by atoms with Crippen molar-refractivity contribution in [3.63, 3.8) is 0 Å². The molecule has 148 valence electrons. The Morgan fingerprint density at radius 3 is 2.83 bits per heavy atom. The highest BCUT2D eigenvalue weighted by Gasteiger charge is 2.37. The van der Waals surface area contributed by atoms with Crippen LogP contribution in [0.3, 0.4) is 0 Å². The summed E-state index contributed by atoms with van der Waals surface area (Å²) in [5, 5.41) is 3.11. The zero-order valence-corrected chi connectivity index (χ0v) is 16.3. The molecule has 0 unspecified atom stereocenters. The zero-order valence-electron chi connectivity index (χ0n) is 16.3. The van der Waals surface area contributed by atoms with E-state index in [0.29, 0.717) is 36.6 Å². The third-order valence-corrected chi connectivity index (χ3v) is 6.07. The van der Waals surface area contributed by atoms with Crippen LogP contribution in [-0.4, -0.2) is 45.5 Å². The number of amides is 1. The molecule has 1 saturated heterocycles. The number of nitrogens with zero attached hydrogens (tertiary/aromatic N) is 3. The number of piperidine rings is 1. The Bertz CT molecular complexity index is 1120. The first-order chi connectivity index (χ1) is 14.2. The number of benzene rings is 1. The van der Waals surface area contributed by atoms with E-state index in [-0.39, 0.29) is 23.3 Å². The fourth-order valence-corrected chi connectivity index (χ4v) is 4.76. The molecular formula is C22H23N5O2. The summed E-state index contributed by atoms with van der Waals surface area (Å²) in [5.41, 5.74) is 3.14. The standard InChI is InChI=1S/C22H23N5O2/c1-23-18-5-3-2-4-16(18)21(28)26-11-14-10-15(13-26)19-7-6-17(20-24-8-9-25-20)22(29)27(19)12-14/h2-9,14-15,23H,10-13H2,1H3,(H,24,25)/t14-,15+/m0/s1. The van der Waals surface area contributed by atoms with Crippen LogP contribution in [0.5, 0.6) is 0 Å². The van der Waals surface area contributed by atoms with Crippen LogP contribution in [0, 0.1) is 5.92 Å². The highest BCUT2D eigenvalue weighted by atomic mass is 16.2. The molecule has 2 aliphatic rings. The van der Waals surface area contributed by atoms with Crippen molar-refractivity contribution in [1.82, 2.24) is 19.4 Å². The van der Waals surface area contributed by atoms with Crippen LogP contribution in [0.4, 0.5) is 5.69 Å². The van der Waals surface area contributed by atoms with Crippen LogP contribution in [0.2, 0.25) is 0 Å². The lowest BCUT2D eigenvalue weighted by molar-refractivity contribution is 0.0595. The minimum Gasteiger partial charge on any atom is -0.387 e. The average Bonchev–Trinajstić information content (AvgIpc) is 3.28. The van der Waals surface area contributed by atoms with Crippen molar-refractivity contribution in [1.29, 1.82) is 0 Å². The molecule has 4 heterocycles. The second-order valence-electron chi connectivity index (χ2n) is 7.83. The highest BCUT2D eigenvalue weighted by molar-refractivity contribution is 5.99. The largest absolute Gasteiger partial charge is 0.387 e. The molecule has 2 aromatic heterocycles. The van der Waals surface area contributed by atoms with Crippen LogP contribution < -0.4 is 10.9 Å². The molecule has 3 aromatic rings. The van der Waals surface area contributed by atoms with Crippen molar-refractivity contribution in [2.24, 2.45) is 5.92 Å². The number of para-hydroxylation sites is 1. The van der Waals surface area contributed by atoms with Gasteiger partial charge in [0.05, 0.1) is 11.1 Å². The van der Waals surface area contributed by atoms with Gasteiger partial charge in [0.2, 0.25) is 0 Å². The van der Waals surface area contributed by atoms with Crippen molar-refractivity contribution >= 4 is 11.6 Å². The van der Waals surface area contributed by atoms with Crippen LogP contribution in [0.15, 0.2) is 53.6 Å².